The van der Waals surface area contributed by atoms with Crippen LogP contribution < -0.4 is 10.0 Å². The molecule has 1 heterocycles. The summed E-state index contributed by atoms with van der Waals surface area (Å²) >= 11 is 0. The predicted octanol–water partition coefficient (Wildman–Crippen LogP) is 0.319. The number of sulfonamides is 1. The van der Waals surface area contributed by atoms with Gasteiger partial charge in [-0.05, 0) is 33.1 Å². The Morgan fingerprint density at radius 2 is 1.80 bits per heavy atom. The molecule has 0 bridgehead atoms. The van der Waals surface area contributed by atoms with Crippen molar-refractivity contribution >= 4 is 21.9 Å². The van der Waals surface area contributed by atoms with E-state index in [1.54, 1.807) is 20.9 Å². The van der Waals surface area contributed by atoms with Crippen LogP contribution in [0.5, 0.6) is 0 Å². The second-order valence-electron chi connectivity index (χ2n) is 6.50. The molecule has 25 heavy (non-hydrogen) atoms. The van der Waals surface area contributed by atoms with Gasteiger partial charge >= 0.3 is 5.97 Å². The third kappa shape index (κ3) is 5.27. The van der Waals surface area contributed by atoms with Crippen LogP contribution in [0.2, 0.25) is 0 Å². The van der Waals surface area contributed by atoms with Crippen molar-refractivity contribution in [2.75, 3.05) is 0 Å². The van der Waals surface area contributed by atoms with E-state index in [-0.39, 0.29) is 17.2 Å². The maximum absolute atomic E-state index is 12.5. The number of aromatic nitrogens is 2. The summed E-state index contributed by atoms with van der Waals surface area (Å²) in [6, 6.07) is -2.20. The van der Waals surface area contributed by atoms with Gasteiger partial charge in [0.1, 0.15) is 10.9 Å². The number of hydrogen-bond donors (Lipinski definition) is 3. The normalized spacial score (nSPS) is 14.4. The van der Waals surface area contributed by atoms with Crippen molar-refractivity contribution in [3.05, 3.63) is 11.4 Å². The second kappa shape index (κ2) is 7.96. The lowest BCUT2D eigenvalue weighted by Crippen LogP contribution is -2.50. The van der Waals surface area contributed by atoms with Crippen LogP contribution in [-0.2, 0) is 26.7 Å². The van der Waals surface area contributed by atoms with Crippen LogP contribution in [-0.4, -0.2) is 47.3 Å². The third-order valence-electron chi connectivity index (χ3n) is 3.76. The summed E-state index contributed by atoms with van der Waals surface area (Å²) in [7, 11) is -2.34. The molecule has 10 heteroatoms. The highest BCUT2D eigenvalue weighted by Crippen LogP contribution is 2.18. The number of aryl methyl sites for hydroxylation is 2. The van der Waals surface area contributed by atoms with Gasteiger partial charge in [-0.15, -0.1) is 0 Å². The van der Waals surface area contributed by atoms with Gasteiger partial charge < -0.3 is 10.4 Å². The van der Waals surface area contributed by atoms with Gasteiger partial charge in [0.15, 0.2) is 0 Å². The van der Waals surface area contributed by atoms with Gasteiger partial charge in [-0.2, -0.15) is 9.82 Å². The third-order valence-corrected chi connectivity index (χ3v) is 5.55. The molecule has 142 valence electrons. The van der Waals surface area contributed by atoms with Crippen molar-refractivity contribution in [1.29, 1.82) is 0 Å². The van der Waals surface area contributed by atoms with Crippen molar-refractivity contribution in [3.8, 4) is 0 Å². The second-order valence-corrected chi connectivity index (χ2v) is 8.15. The zero-order valence-electron chi connectivity index (χ0n) is 15.3. The summed E-state index contributed by atoms with van der Waals surface area (Å²) in [6.45, 7) is 8.21. The molecule has 2 atom stereocenters. The molecule has 1 aromatic rings. The summed E-state index contributed by atoms with van der Waals surface area (Å²) in [5.74, 6) is -1.79. The standard InChI is InChI=1S/C15H26N4O5S/c1-8(2)7-12(15(21)22)16-14(20)10(4)18-25(23,24)13-9(3)17-19(6)11(13)5/h8,10,12,18H,7H2,1-6H3,(H,16,20)(H,21,22). The van der Waals surface area contributed by atoms with Crippen LogP contribution in [0.15, 0.2) is 4.90 Å². The summed E-state index contributed by atoms with van der Waals surface area (Å²) in [5.41, 5.74) is 0.768. The summed E-state index contributed by atoms with van der Waals surface area (Å²) < 4.78 is 28.8. The van der Waals surface area contributed by atoms with Crippen LogP contribution in [0.1, 0.15) is 38.6 Å². The molecule has 9 nitrogen and oxygen atoms in total. The van der Waals surface area contributed by atoms with Crippen molar-refractivity contribution < 1.29 is 23.1 Å². The minimum Gasteiger partial charge on any atom is -0.480 e. The van der Waals surface area contributed by atoms with Gasteiger partial charge in [0.05, 0.1) is 17.4 Å². The average molecular weight is 374 g/mol. The maximum Gasteiger partial charge on any atom is 0.326 e. The Morgan fingerprint density at radius 3 is 2.20 bits per heavy atom. The molecule has 0 fully saturated rings. The molecule has 1 amide bonds. The van der Waals surface area contributed by atoms with E-state index in [9.17, 15) is 23.1 Å². The van der Waals surface area contributed by atoms with E-state index in [4.69, 9.17) is 0 Å². The lowest BCUT2D eigenvalue weighted by Gasteiger charge is -2.20. The minimum atomic E-state index is -3.97. The van der Waals surface area contributed by atoms with Crippen LogP contribution in [0.4, 0.5) is 0 Å². The number of hydrogen-bond acceptors (Lipinski definition) is 5. The fraction of sp³-hybridized carbons (Fsp3) is 0.667. The molecule has 0 aliphatic carbocycles. The molecule has 1 rings (SSSR count). The van der Waals surface area contributed by atoms with E-state index in [1.807, 2.05) is 13.8 Å². The van der Waals surface area contributed by atoms with E-state index < -0.39 is 34.0 Å². The smallest absolute Gasteiger partial charge is 0.326 e. The van der Waals surface area contributed by atoms with Gasteiger partial charge in [-0.1, -0.05) is 13.8 Å². The molecule has 0 spiro atoms. The minimum absolute atomic E-state index is 0.0200. The first kappa shape index (κ1) is 21.1. The molecule has 0 saturated carbocycles. The lowest BCUT2D eigenvalue weighted by atomic mass is 10.0. The number of nitrogens with zero attached hydrogens (tertiary/aromatic N) is 2. The molecular weight excluding hydrogens is 348 g/mol. The first-order valence-electron chi connectivity index (χ1n) is 7.92. The number of amides is 1. The number of carboxylic acid groups (broad SMARTS) is 1. The average Bonchev–Trinajstić information content (AvgIpc) is 2.70. The molecule has 0 radical (unpaired) electrons. The van der Waals surface area contributed by atoms with Gasteiger partial charge in [0.25, 0.3) is 0 Å². The molecule has 1 aromatic heterocycles. The highest BCUT2D eigenvalue weighted by Gasteiger charge is 2.29. The molecule has 0 aromatic carbocycles. The number of carbonyl (C=O) groups excluding carboxylic acids is 1. The quantitative estimate of drug-likeness (QED) is 0.601. The van der Waals surface area contributed by atoms with Gasteiger partial charge in [0.2, 0.25) is 15.9 Å². The Labute approximate surface area is 147 Å². The summed E-state index contributed by atoms with van der Waals surface area (Å²) in [5, 5.41) is 15.6. The predicted molar refractivity (Wildman–Crippen MR) is 91.5 cm³/mol. The molecule has 2 unspecified atom stereocenters. The first-order valence-corrected chi connectivity index (χ1v) is 9.40. The van der Waals surface area contributed by atoms with Crippen molar-refractivity contribution in [1.82, 2.24) is 19.8 Å². The monoisotopic (exact) mass is 374 g/mol. The van der Waals surface area contributed by atoms with Gasteiger partial charge in [-0.3, -0.25) is 9.48 Å². The molecular formula is C15H26N4O5S. The summed E-state index contributed by atoms with van der Waals surface area (Å²) in [6.07, 6.45) is 0.251. The van der Waals surface area contributed by atoms with E-state index >= 15 is 0 Å². The van der Waals surface area contributed by atoms with Crippen LogP contribution >= 0.6 is 0 Å². The Hall–Kier alpha value is -1.94. The van der Waals surface area contributed by atoms with Crippen LogP contribution in [0, 0.1) is 19.8 Å². The zero-order chi connectivity index (χ0) is 19.5. The van der Waals surface area contributed by atoms with Crippen LogP contribution in [0.25, 0.3) is 0 Å². The zero-order valence-corrected chi connectivity index (χ0v) is 16.1. The fourth-order valence-corrected chi connectivity index (χ4v) is 4.12. The number of aliphatic carboxylic acids is 1. The topological polar surface area (TPSA) is 130 Å². The van der Waals surface area contributed by atoms with E-state index in [1.165, 1.54) is 11.6 Å². The highest BCUT2D eigenvalue weighted by molar-refractivity contribution is 7.89. The number of nitrogens with one attached hydrogen (secondary N) is 2. The number of carboxylic acids is 1. The SMILES string of the molecule is Cc1nn(C)c(C)c1S(=O)(=O)NC(C)C(=O)NC(CC(C)C)C(=O)O. The molecule has 0 saturated heterocycles. The van der Waals surface area contributed by atoms with Crippen molar-refractivity contribution in [2.45, 2.75) is 58.0 Å². The molecule has 0 aliphatic heterocycles. The van der Waals surface area contributed by atoms with Gasteiger partial charge in [-0.25, -0.2) is 13.2 Å². The van der Waals surface area contributed by atoms with Gasteiger partial charge in [0, 0.05) is 7.05 Å². The lowest BCUT2D eigenvalue weighted by molar-refractivity contribution is -0.142. The maximum atomic E-state index is 12.5. The van der Waals surface area contributed by atoms with E-state index in [0.717, 1.165) is 0 Å². The number of rotatable bonds is 8. The Kier molecular flexibility index (Phi) is 6.72. The van der Waals surface area contributed by atoms with Crippen LogP contribution in [0.3, 0.4) is 0 Å². The Morgan fingerprint density at radius 1 is 1.24 bits per heavy atom. The van der Waals surface area contributed by atoms with Crippen molar-refractivity contribution in [2.24, 2.45) is 13.0 Å². The highest BCUT2D eigenvalue weighted by atomic mass is 32.2. The van der Waals surface area contributed by atoms with E-state index in [0.29, 0.717) is 11.4 Å². The molecule has 3 N–H and O–H groups in total. The van der Waals surface area contributed by atoms with E-state index in [2.05, 4.69) is 15.1 Å². The van der Waals surface area contributed by atoms with Crippen molar-refractivity contribution in [3.63, 3.8) is 0 Å². The Balaban J connectivity index is 2.91. The fourth-order valence-electron chi connectivity index (χ4n) is 2.48. The number of carbonyl (C=O) groups is 2. The first-order chi connectivity index (χ1) is 11.4. The Bertz CT molecular complexity index is 754. The summed E-state index contributed by atoms with van der Waals surface area (Å²) in [4.78, 5) is 23.4. The molecule has 0 aliphatic rings. The largest absolute Gasteiger partial charge is 0.480 e.